The molecule has 84 valence electrons. The first-order valence-corrected chi connectivity index (χ1v) is 5.17. The highest BCUT2D eigenvalue weighted by molar-refractivity contribution is 5.83. The lowest BCUT2D eigenvalue weighted by atomic mass is 10.3. The Morgan fingerprint density at radius 3 is 2.88 bits per heavy atom. The molecule has 2 rings (SSSR count). The fourth-order valence-electron chi connectivity index (χ4n) is 1.69. The molecule has 16 heavy (non-hydrogen) atoms. The molecule has 0 radical (unpaired) electrons. The summed E-state index contributed by atoms with van der Waals surface area (Å²) in [6.07, 6.45) is 1.47. The van der Waals surface area contributed by atoms with Gasteiger partial charge in [-0.1, -0.05) is 18.2 Å². The third kappa shape index (κ3) is 2.16. The van der Waals surface area contributed by atoms with E-state index in [1.165, 1.54) is 13.2 Å². The van der Waals surface area contributed by atoms with Crippen molar-refractivity contribution in [2.45, 2.75) is 0 Å². The van der Waals surface area contributed by atoms with Gasteiger partial charge in [0.2, 0.25) is 0 Å². The number of nitrogens with one attached hydrogen (secondary N) is 1. The Bertz CT molecular complexity index is 401. The van der Waals surface area contributed by atoms with E-state index in [2.05, 4.69) is 15.0 Å². The monoisotopic (exact) mass is 218 g/mol. The number of para-hydroxylation sites is 1. The summed E-state index contributed by atoms with van der Waals surface area (Å²) in [5.74, 6) is 0.448. The number of methoxy groups -OCH3 is 1. The van der Waals surface area contributed by atoms with Crippen LogP contribution in [-0.4, -0.2) is 26.2 Å². The number of anilines is 1. The molecule has 1 aliphatic heterocycles. The fourth-order valence-corrected chi connectivity index (χ4v) is 1.69. The van der Waals surface area contributed by atoms with E-state index in [1.807, 2.05) is 30.3 Å². The molecule has 1 heterocycles. The van der Waals surface area contributed by atoms with Crippen molar-refractivity contribution in [3.8, 4) is 0 Å². The van der Waals surface area contributed by atoms with Gasteiger partial charge in [0.15, 0.2) is 0 Å². The van der Waals surface area contributed by atoms with Crippen LogP contribution in [0.3, 0.4) is 0 Å². The topological polar surface area (TPSA) is 41.6 Å². The van der Waals surface area contributed by atoms with Gasteiger partial charge in [0, 0.05) is 18.8 Å². The van der Waals surface area contributed by atoms with Gasteiger partial charge in [0.05, 0.1) is 13.2 Å². The number of rotatable bonds is 2. The Labute approximate surface area is 94.5 Å². The molecule has 0 aliphatic carbocycles. The Kier molecular flexibility index (Phi) is 3.10. The highest BCUT2D eigenvalue weighted by Gasteiger charge is 2.18. The van der Waals surface area contributed by atoms with Crippen LogP contribution in [0.1, 0.15) is 0 Å². The van der Waals surface area contributed by atoms with Gasteiger partial charge in [0.1, 0.15) is 5.82 Å². The minimum absolute atomic E-state index is 0.342. The van der Waals surface area contributed by atoms with Crippen LogP contribution in [-0.2, 0) is 9.53 Å². The summed E-state index contributed by atoms with van der Waals surface area (Å²) in [7, 11) is 1.38. The van der Waals surface area contributed by atoms with E-state index in [4.69, 9.17) is 0 Å². The van der Waals surface area contributed by atoms with Crippen molar-refractivity contribution in [1.29, 1.82) is 0 Å². The summed E-state index contributed by atoms with van der Waals surface area (Å²) in [4.78, 5) is 13.2. The normalized spacial score (nSPS) is 17.3. The first kappa shape index (κ1) is 10.5. The summed E-state index contributed by atoms with van der Waals surface area (Å²) in [6.45, 7) is 1.69. The molecular weight excluding hydrogens is 204 g/mol. The summed E-state index contributed by atoms with van der Waals surface area (Å²) >= 11 is 0. The van der Waals surface area contributed by atoms with Crippen LogP contribution >= 0.6 is 0 Å². The molecule has 0 atom stereocenters. The first-order valence-electron chi connectivity index (χ1n) is 5.17. The Hall–Kier alpha value is -1.97. The summed E-state index contributed by atoms with van der Waals surface area (Å²) in [5.41, 5.74) is 1.07. The molecule has 1 fully saturated rings. The van der Waals surface area contributed by atoms with Crippen molar-refractivity contribution < 1.29 is 9.53 Å². The molecule has 1 aromatic carbocycles. The minimum atomic E-state index is -0.342. The van der Waals surface area contributed by atoms with Gasteiger partial charge >= 0.3 is 5.97 Å². The molecule has 1 aromatic rings. The van der Waals surface area contributed by atoms with E-state index in [1.54, 1.807) is 0 Å². The first-order chi connectivity index (χ1) is 7.81. The lowest BCUT2D eigenvalue weighted by molar-refractivity contribution is -0.134. The van der Waals surface area contributed by atoms with Gasteiger partial charge in [-0.25, -0.2) is 4.79 Å². The highest BCUT2D eigenvalue weighted by atomic mass is 16.5. The van der Waals surface area contributed by atoms with E-state index >= 15 is 0 Å². The number of benzene rings is 1. The SMILES string of the molecule is COC(=O)/C=C1/NCCN1c1ccccc1. The lowest BCUT2D eigenvalue weighted by Crippen LogP contribution is -2.20. The molecule has 0 bridgehead atoms. The molecule has 0 unspecified atom stereocenters. The van der Waals surface area contributed by atoms with Crippen molar-refractivity contribution in [3.63, 3.8) is 0 Å². The molecule has 1 N–H and O–H groups in total. The second-order valence-corrected chi connectivity index (χ2v) is 3.47. The number of carbonyl (C=O) groups is 1. The second-order valence-electron chi connectivity index (χ2n) is 3.47. The average molecular weight is 218 g/mol. The molecule has 1 saturated heterocycles. The van der Waals surface area contributed by atoms with Crippen molar-refractivity contribution >= 4 is 11.7 Å². The van der Waals surface area contributed by atoms with E-state index in [-0.39, 0.29) is 5.97 Å². The maximum Gasteiger partial charge on any atom is 0.334 e. The number of hydrogen-bond acceptors (Lipinski definition) is 4. The molecule has 0 spiro atoms. The van der Waals surface area contributed by atoms with E-state index < -0.39 is 0 Å². The van der Waals surface area contributed by atoms with E-state index in [0.717, 1.165) is 24.6 Å². The molecular formula is C12H14N2O2. The summed E-state index contributed by atoms with van der Waals surface area (Å²) in [6, 6.07) is 9.94. The second kappa shape index (κ2) is 4.70. The van der Waals surface area contributed by atoms with Crippen molar-refractivity contribution in [3.05, 3.63) is 42.2 Å². The zero-order chi connectivity index (χ0) is 11.4. The Morgan fingerprint density at radius 2 is 2.19 bits per heavy atom. The van der Waals surface area contributed by atoms with Crippen molar-refractivity contribution in [2.24, 2.45) is 0 Å². The van der Waals surface area contributed by atoms with Crippen LogP contribution in [0.15, 0.2) is 42.2 Å². The van der Waals surface area contributed by atoms with Gasteiger partial charge in [-0.2, -0.15) is 0 Å². The number of nitrogens with zero attached hydrogens (tertiary/aromatic N) is 1. The minimum Gasteiger partial charge on any atom is -0.466 e. The lowest BCUT2D eigenvalue weighted by Gasteiger charge is -2.18. The van der Waals surface area contributed by atoms with Crippen LogP contribution in [0, 0.1) is 0 Å². The van der Waals surface area contributed by atoms with Crippen LogP contribution in [0.25, 0.3) is 0 Å². The van der Waals surface area contributed by atoms with Gasteiger partial charge in [-0.15, -0.1) is 0 Å². The molecule has 0 aromatic heterocycles. The zero-order valence-electron chi connectivity index (χ0n) is 9.14. The highest BCUT2D eigenvalue weighted by Crippen LogP contribution is 2.19. The van der Waals surface area contributed by atoms with Crippen molar-refractivity contribution in [1.82, 2.24) is 5.32 Å². The third-order valence-corrected chi connectivity index (χ3v) is 2.46. The van der Waals surface area contributed by atoms with Crippen LogP contribution in [0.4, 0.5) is 5.69 Å². The number of ether oxygens (including phenoxy) is 1. The zero-order valence-corrected chi connectivity index (χ0v) is 9.14. The molecule has 1 aliphatic rings. The van der Waals surface area contributed by atoms with Crippen LogP contribution in [0.5, 0.6) is 0 Å². The smallest absolute Gasteiger partial charge is 0.334 e. The Morgan fingerprint density at radius 1 is 1.44 bits per heavy atom. The van der Waals surface area contributed by atoms with Gasteiger partial charge < -0.3 is 15.0 Å². The van der Waals surface area contributed by atoms with E-state index in [0.29, 0.717) is 0 Å². The fraction of sp³-hybridized carbons (Fsp3) is 0.250. The molecule has 0 saturated carbocycles. The number of hydrogen-bond donors (Lipinski definition) is 1. The van der Waals surface area contributed by atoms with Crippen LogP contribution in [0.2, 0.25) is 0 Å². The van der Waals surface area contributed by atoms with Crippen LogP contribution < -0.4 is 10.2 Å². The average Bonchev–Trinajstić information content (AvgIpc) is 2.78. The predicted molar refractivity (Wildman–Crippen MR) is 61.9 cm³/mol. The number of carbonyl (C=O) groups excluding carboxylic acids is 1. The molecule has 4 nitrogen and oxygen atoms in total. The van der Waals surface area contributed by atoms with E-state index in [9.17, 15) is 4.79 Å². The maximum atomic E-state index is 11.2. The van der Waals surface area contributed by atoms with Crippen molar-refractivity contribution in [2.75, 3.05) is 25.1 Å². The quantitative estimate of drug-likeness (QED) is 0.596. The molecule has 0 amide bonds. The van der Waals surface area contributed by atoms with Gasteiger partial charge in [-0.3, -0.25) is 0 Å². The predicted octanol–water partition coefficient (Wildman–Crippen LogP) is 1.11. The van der Waals surface area contributed by atoms with Gasteiger partial charge in [0.25, 0.3) is 0 Å². The maximum absolute atomic E-state index is 11.2. The van der Waals surface area contributed by atoms with Gasteiger partial charge in [-0.05, 0) is 12.1 Å². The third-order valence-electron chi connectivity index (χ3n) is 2.46. The summed E-state index contributed by atoms with van der Waals surface area (Å²) < 4.78 is 4.61. The molecule has 4 heteroatoms. The number of esters is 1. The standard InChI is InChI=1S/C12H14N2O2/c1-16-12(15)9-11-13-7-8-14(11)10-5-3-2-4-6-10/h2-6,9,13H,7-8H2,1H3/b11-9-. The largest absolute Gasteiger partial charge is 0.466 e. The summed E-state index contributed by atoms with van der Waals surface area (Å²) in [5, 5.41) is 3.16. The Balaban J connectivity index is 2.22.